The SMILES string of the molecule is C=C(CNC(=O)c1ccc(C2=NOC(c3cc(C(F)(F)F)cc(C(F)(F)F)c3)(C(F)(F)F)C2)c2nccn12)NCC.CC(F)(F)F. The van der Waals surface area contributed by atoms with Gasteiger partial charge in [0.1, 0.15) is 11.3 Å². The Morgan fingerprint density at radius 2 is 1.52 bits per heavy atom. The molecule has 1 atom stereocenters. The van der Waals surface area contributed by atoms with Crippen molar-refractivity contribution in [2.75, 3.05) is 13.1 Å². The normalized spacial score (nSPS) is 17.1. The van der Waals surface area contributed by atoms with Crippen LogP contribution in [-0.2, 0) is 22.8 Å². The first kappa shape index (κ1) is 36.0. The third kappa shape index (κ3) is 8.22. The number of likely N-dealkylation sites (N-methyl/N-ethyl adjacent to an activating group) is 1. The van der Waals surface area contributed by atoms with E-state index in [0.717, 1.165) is 0 Å². The molecule has 0 saturated carbocycles. The highest BCUT2D eigenvalue weighted by Gasteiger charge is 2.63. The molecule has 3 heterocycles. The second kappa shape index (κ2) is 12.7. The zero-order valence-electron chi connectivity index (χ0n) is 23.6. The van der Waals surface area contributed by atoms with Gasteiger partial charge in [0.05, 0.1) is 29.8 Å². The number of nitrogens with zero attached hydrogens (tertiary/aromatic N) is 3. The molecule has 46 heavy (non-hydrogen) atoms. The van der Waals surface area contributed by atoms with Gasteiger partial charge in [-0.2, -0.15) is 52.7 Å². The van der Waals surface area contributed by atoms with Crippen LogP contribution in [0.25, 0.3) is 5.65 Å². The number of nitrogens with one attached hydrogen (secondary N) is 2. The fraction of sp³-hybridized carbons (Fsp3) is 0.370. The van der Waals surface area contributed by atoms with E-state index in [1.165, 1.54) is 28.9 Å². The van der Waals surface area contributed by atoms with Gasteiger partial charge in [-0.05, 0) is 37.3 Å². The molecular formula is C27H23F12N5O2. The van der Waals surface area contributed by atoms with Crippen LogP contribution < -0.4 is 10.6 Å². The van der Waals surface area contributed by atoms with Crippen molar-refractivity contribution in [2.45, 2.75) is 50.6 Å². The summed E-state index contributed by atoms with van der Waals surface area (Å²) in [6.45, 7) is 6.38. The molecule has 0 bridgehead atoms. The zero-order valence-corrected chi connectivity index (χ0v) is 23.6. The smallest absolute Gasteiger partial charge is 0.388 e. The van der Waals surface area contributed by atoms with Gasteiger partial charge in [0.15, 0.2) is 0 Å². The first-order chi connectivity index (χ1) is 21.0. The second-order valence-electron chi connectivity index (χ2n) is 9.78. The molecule has 4 rings (SSSR count). The van der Waals surface area contributed by atoms with E-state index >= 15 is 0 Å². The van der Waals surface area contributed by atoms with Crippen LogP contribution in [0.5, 0.6) is 0 Å². The predicted octanol–water partition coefficient (Wildman–Crippen LogP) is 7.38. The average Bonchev–Trinajstić information content (AvgIpc) is 3.58. The third-order valence-corrected chi connectivity index (χ3v) is 6.22. The Kier molecular flexibility index (Phi) is 9.98. The number of amides is 1. The number of aromatic nitrogens is 2. The van der Waals surface area contributed by atoms with Crippen molar-refractivity contribution in [2.24, 2.45) is 5.16 Å². The van der Waals surface area contributed by atoms with Gasteiger partial charge < -0.3 is 15.5 Å². The highest BCUT2D eigenvalue weighted by Crippen LogP contribution is 2.51. The summed E-state index contributed by atoms with van der Waals surface area (Å²) in [6, 6.07) is 2.09. The Hall–Kier alpha value is -4.45. The summed E-state index contributed by atoms with van der Waals surface area (Å²) in [4.78, 5) is 21.5. The second-order valence-corrected chi connectivity index (χ2v) is 9.78. The summed E-state index contributed by atoms with van der Waals surface area (Å²) in [5, 5.41) is 8.95. The number of carbonyl (C=O) groups is 1. The zero-order chi connectivity index (χ0) is 34.9. The van der Waals surface area contributed by atoms with E-state index in [-0.39, 0.29) is 48.6 Å². The van der Waals surface area contributed by atoms with E-state index in [0.29, 0.717) is 12.2 Å². The molecule has 1 aromatic carbocycles. The van der Waals surface area contributed by atoms with Gasteiger partial charge in [0.2, 0.25) is 0 Å². The molecule has 7 nitrogen and oxygen atoms in total. The van der Waals surface area contributed by atoms with Crippen LogP contribution in [0.3, 0.4) is 0 Å². The lowest BCUT2D eigenvalue weighted by Crippen LogP contribution is -2.43. The van der Waals surface area contributed by atoms with Crippen LogP contribution in [0, 0.1) is 0 Å². The summed E-state index contributed by atoms with van der Waals surface area (Å²) in [7, 11) is 0. The standard InChI is InChI=1S/C25H20F9N5O2.C2H3F3/c1-3-35-13(2)12-37-21(40)19-5-4-17(20-36-6-7-39(19)20)18-11-22(41-38-18,25(32,33)34)14-8-15(23(26,27)28)10-16(9-14)24(29,30)31;1-2(3,4)5/h4-10,35H,2-3,11-12H2,1H3,(H,37,40);1H3. The minimum atomic E-state index is -5.49. The molecule has 0 fully saturated rings. The Morgan fingerprint density at radius 3 is 2.02 bits per heavy atom. The quantitative estimate of drug-likeness (QED) is 0.256. The van der Waals surface area contributed by atoms with Gasteiger partial charge in [-0.3, -0.25) is 9.20 Å². The van der Waals surface area contributed by atoms with Crippen LogP contribution in [0.15, 0.2) is 60.2 Å². The van der Waals surface area contributed by atoms with Crippen molar-refractivity contribution in [3.63, 3.8) is 0 Å². The highest BCUT2D eigenvalue weighted by molar-refractivity contribution is 6.07. The fourth-order valence-corrected chi connectivity index (χ4v) is 4.25. The molecule has 1 aliphatic rings. The number of halogens is 12. The molecular weight excluding hydrogens is 654 g/mol. The maximum Gasteiger partial charge on any atom is 0.435 e. The van der Waals surface area contributed by atoms with Crippen molar-refractivity contribution in [3.05, 3.63) is 82.9 Å². The van der Waals surface area contributed by atoms with E-state index in [9.17, 15) is 57.5 Å². The van der Waals surface area contributed by atoms with Crippen molar-refractivity contribution in [1.82, 2.24) is 20.0 Å². The molecule has 1 unspecified atom stereocenters. The lowest BCUT2D eigenvalue weighted by atomic mass is 9.84. The van der Waals surface area contributed by atoms with Gasteiger partial charge in [-0.25, -0.2) is 4.98 Å². The number of carbonyl (C=O) groups excluding carboxylic acids is 1. The van der Waals surface area contributed by atoms with Crippen LogP contribution >= 0.6 is 0 Å². The van der Waals surface area contributed by atoms with Crippen LogP contribution in [0.1, 0.15) is 53.0 Å². The molecule has 19 heteroatoms. The molecule has 0 aliphatic carbocycles. The van der Waals surface area contributed by atoms with Crippen molar-refractivity contribution in [3.8, 4) is 0 Å². The number of hydrogen-bond acceptors (Lipinski definition) is 5. The molecule has 3 aromatic rings. The largest absolute Gasteiger partial charge is 0.435 e. The maximum absolute atomic E-state index is 14.4. The number of alkyl halides is 12. The molecule has 1 amide bonds. The lowest BCUT2D eigenvalue weighted by Gasteiger charge is -2.30. The summed E-state index contributed by atoms with van der Waals surface area (Å²) in [6.07, 6.45) is -19.0. The van der Waals surface area contributed by atoms with E-state index in [4.69, 9.17) is 0 Å². The van der Waals surface area contributed by atoms with E-state index in [2.05, 4.69) is 32.2 Å². The summed E-state index contributed by atoms with van der Waals surface area (Å²) in [5.74, 6) is -0.587. The van der Waals surface area contributed by atoms with E-state index in [1.807, 2.05) is 6.92 Å². The first-order valence-corrected chi connectivity index (χ1v) is 12.8. The van der Waals surface area contributed by atoms with Crippen LogP contribution in [0.2, 0.25) is 0 Å². The van der Waals surface area contributed by atoms with Gasteiger partial charge in [0.25, 0.3) is 11.5 Å². The summed E-state index contributed by atoms with van der Waals surface area (Å²) >= 11 is 0. The Bertz CT molecular complexity index is 1580. The van der Waals surface area contributed by atoms with Gasteiger partial charge in [-0.1, -0.05) is 11.7 Å². The number of fused-ring (bicyclic) bond motifs is 1. The monoisotopic (exact) mass is 677 g/mol. The number of oxime groups is 1. The molecule has 1 aliphatic heterocycles. The highest BCUT2D eigenvalue weighted by atomic mass is 19.4. The van der Waals surface area contributed by atoms with Crippen LogP contribution in [0.4, 0.5) is 52.7 Å². The number of rotatable bonds is 7. The first-order valence-electron chi connectivity index (χ1n) is 12.8. The average molecular weight is 677 g/mol. The molecule has 0 spiro atoms. The Labute approximate surface area is 251 Å². The van der Waals surface area contributed by atoms with E-state index in [1.54, 1.807) is 0 Å². The number of imidazole rings is 1. The number of benzene rings is 1. The van der Waals surface area contributed by atoms with Gasteiger partial charge in [0, 0.05) is 42.7 Å². The van der Waals surface area contributed by atoms with Crippen molar-refractivity contribution < 1.29 is 62.3 Å². The van der Waals surface area contributed by atoms with Crippen molar-refractivity contribution in [1.29, 1.82) is 0 Å². The summed E-state index contributed by atoms with van der Waals surface area (Å²) in [5.41, 5.74) is -9.03. The Balaban J connectivity index is 0.00000107. The Morgan fingerprint density at radius 1 is 0.957 bits per heavy atom. The lowest BCUT2D eigenvalue weighted by molar-refractivity contribution is -0.276. The maximum atomic E-state index is 14.4. The molecule has 252 valence electrons. The predicted molar refractivity (Wildman–Crippen MR) is 138 cm³/mol. The van der Waals surface area contributed by atoms with Crippen LogP contribution in [-0.4, -0.2) is 46.4 Å². The summed E-state index contributed by atoms with van der Waals surface area (Å²) < 4.78 is 156. The number of hydrogen-bond donors (Lipinski definition) is 2. The molecule has 2 N–H and O–H groups in total. The number of pyridine rings is 1. The minimum Gasteiger partial charge on any atom is -0.388 e. The molecule has 0 radical (unpaired) electrons. The van der Waals surface area contributed by atoms with Crippen molar-refractivity contribution >= 4 is 17.3 Å². The van der Waals surface area contributed by atoms with E-state index < -0.39 is 65.0 Å². The third-order valence-electron chi connectivity index (χ3n) is 6.22. The van der Waals surface area contributed by atoms with Gasteiger partial charge >= 0.3 is 24.7 Å². The van der Waals surface area contributed by atoms with Gasteiger partial charge in [-0.15, -0.1) is 0 Å². The minimum absolute atomic E-state index is 0.0276. The topological polar surface area (TPSA) is 80.0 Å². The molecule has 0 saturated heterocycles. The molecule has 2 aromatic heterocycles. The fourth-order valence-electron chi connectivity index (χ4n) is 4.25.